The summed E-state index contributed by atoms with van der Waals surface area (Å²) in [6.45, 7) is 8.30. The van der Waals surface area contributed by atoms with Crippen LogP contribution in [0.3, 0.4) is 0 Å². The van der Waals surface area contributed by atoms with Crippen molar-refractivity contribution in [2.24, 2.45) is 5.18 Å². The van der Waals surface area contributed by atoms with Gasteiger partial charge in [0.25, 0.3) is 0 Å². The second kappa shape index (κ2) is 9.66. The number of nitrogens with zero attached hydrogens (tertiary/aromatic N) is 1. The highest BCUT2D eigenvalue weighted by molar-refractivity contribution is 6.01. The predicted molar refractivity (Wildman–Crippen MR) is 122 cm³/mol. The largest absolute Gasteiger partial charge is 0.484 e. The Morgan fingerprint density at radius 3 is 2.50 bits per heavy atom. The van der Waals surface area contributed by atoms with Crippen LogP contribution in [-0.2, 0) is 6.42 Å². The van der Waals surface area contributed by atoms with Crippen LogP contribution in [-0.4, -0.2) is 5.78 Å². The van der Waals surface area contributed by atoms with E-state index in [1.807, 2.05) is 31.2 Å². The minimum Gasteiger partial charge on any atom is -0.484 e. The summed E-state index contributed by atoms with van der Waals surface area (Å²) in [6.07, 6.45) is 6.71. The molecule has 156 valence electrons. The number of carbonyl (C=O) groups excluding carboxylic acids is 1. The zero-order chi connectivity index (χ0) is 21.7. The summed E-state index contributed by atoms with van der Waals surface area (Å²) in [5.41, 5.74) is 6.22. The summed E-state index contributed by atoms with van der Waals surface area (Å²) in [7, 11) is 0. The van der Waals surface area contributed by atoms with Crippen LogP contribution < -0.4 is 4.74 Å². The molecule has 0 aromatic heterocycles. The topological polar surface area (TPSA) is 55.7 Å². The minimum absolute atomic E-state index is 0.0322. The molecule has 0 aliphatic carbocycles. The van der Waals surface area contributed by atoms with E-state index in [1.54, 1.807) is 12.1 Å². The number of hydrogen-bond acceptors (Lipinski definition) is 4. The molecule has 0 amide bonds. The number of aryl methyl sites for hydroxylation is 1. The monoisotopic (exact) mass is 403 g/mol. The smallest absolute Gasteiger partial charge is 0.170 e. The summed E-state index contributed by atoms with van der Waals surface area (Å²) in [5, 5.41) is 3.20. The van der Waals surface area contributed by atoms with Crippen LogP contribution >= 0.6 is 0 Å². The molecule has 4 nitrogen and oxygen atoms in total. The van der Waals surface area contributed by atoms with Crippen molar-refractivity contribution in [3.8, 4) is 5.75 Å². The second-order valence-corrected chi connectivity index (χ2v) is 8.25. The van der Waals surface area contributed by atoms with Crippen LogP contribution in [0.5, 0.6) is 5.75 Å². The van der Waals surface area contributed by atoms with E-state index in [4.69, 9.17) is 4.74 Å². The Morgan fingerprint density at radius 1 is 1.10 bits per heavy atom. The van der Waals surface area contributed by atoms with E-state index in [2.05, 4.69) is 38.1 Å². The Labute approximate surface area is 178 Å². The third kappa shape index (κ3) is 5.12. The summed E-state index contributed by atoms with van der Waals surface area (Å²) < 4.78 is 6.29. The number of rotatable bonds is 7. The van der Waals surface area contributed by atoms with E-state index in [0.717, 1.165) is 24.0 Å². The molecule has 2 aromatic carbocycles. The summed E-state index contributed by atoms with van der Waals surface area (Å²) in [5.74, 6) is 0.534. The Morgan fingerprint density at radius 2 is 1.83 bits per heavy atom. The molecule has 1 unspecified atom stereocenters. The van der Waals surface area contributed by atoms with Crippen LogP contribution in [0.15, 0.2) is 64.9 Å². The SMILES string of the molecule is CC(C)=CCC/C(C)=C/Cc1c(N=O)ccc2c1OC(c1ccc(C)cc1)CC2=O. The quantitative estimate of drug-likeness (QED) is 0.359. The molecule has 0 saturated heterocycles. The molecule has 3 rings (SSSR count). The zero-order valence-corrected chi connectivity index (χ0v) is 18.2. The molecule has 1 aliphatic rings. The van der Waals surface area contributed by atoms with Gasteiger partial charge in [-0.1, -0.05) is 53.1 Å². The normalized spacial score (nSPS) is 15.9. The standard InChI is InChI=1S/C26H29NO3/c1-17(2)6-5-7-18(3)10-13-21-23(27-29)15-14-22-24(28)16-25(30-26(21)22)20-11-8-19(4)9-12-20/h6,8-12,14-15,25H,5,7,13,16H2,1-4H3/b18-10+. The van der Waals surface area contributed by atoms with E-state index in [1.165, 1.54) is 11.1 Å². The highest BCUT2D eigenvalue weighted by Gasteiger charge is 2.30. The fraction of sp³-hybridized carbons (Fsp3) is 0.346. The van der Waals surface area contributed by atoms with Gasteiger partial charge in [-0.25, -0.2) is 0 Å². The molecule has 1 aliphatic heterocycles. The fourth-order valence-corrected chi connectivity index (χ4v) is 3.65. The maximum Gasteiger partial charge on any atom is 0.170 e. The van der Waals surface area contributed by atoms with E-state index < -0.39 is 0 Å². The van der Waals surface area contributed by atoms with Crippen LogP contribution in [0, 0.1) is 11.8 Å². The van der Waals surface area contributed by atoms with Crippen LogP contribution in [0.4, 0.5) is 5.69 Å². The number of ether oxygens (including phenoxy) is 1. The van der Waals surface area contributed by atoms with E-state index in [9.17, 15) is 9.70 Å². The molecule has 0 bridgehead atoms. The Balaban J connectivity index is 1.90. The average molecular weight is 404 g/mol. The molecule has 0 radical (unpaired) electrons. The third-order valence-corrected chi connectivity index (χ3v) is 5.46. The number of allylic oxidation sites excluding steroid dienone is 4. The lowest BCUT2D eigenvalue weighted by molar-refractivity contribution is 0.0848. The molecule has 0 saturated carbocycles. The molecule has 0 fully saturated rings. The average Bonchev–Trinajstić information content (AvgIpc) is 2.72. The van der Waals surface area contributed by atoms with Gasteiger partial charge in [0.15, 0.2) is 5.78 Å². The van der Waals surface area contributed by atoms with E-state index >= 15 is 0 Å². The first kappa shape index (κ1) is 21.7. The molecular weight excluding hydrogens is 374 g/mol. The van der Waals surface area contributed by atoms with Crippen molar-refractivity contribution in [3.05, 3.63) is 86.9 Å². The van der Waals surface area contributed by atoms with Crippen LogP contribution in [0.25, 0.3) is 0 Å². The van der Waals surface area contributed by atoms with Crippen molar-refractivity contribution in [2.45, 2.75) is 59.5 Å². The van der Waals surface area contributed by atoms with Crippen molar-refractivity contribution < 1.29 is 9.53 Å². The number of Topliss-reactive ketones (excluding diaryl/α,β-unsaturated/α-hetero) is 1. The van der Waals surface area contributed by atoms with Crippen LogP contribution in [0.1, 0.15) is 73.2 Å². The lowest BCUT2D eigenvalue weighted by atomic mass is 9.92. The van der Waals surface area contributed by atoms with Crippen molar-refractivity contribution in [2.75, 3.05) is 0 Å². The first-order chi connectivity index (χ1) is 14.4. The number of carbonyl (C=O) groups is 1. The Bertz CT molecular complexity index is 996. The molecule has 1 atom stereocenters. The molecule has 30 heavy (non-hydrogen) atoms. The number of hydrogen-bond donors (Lipinski definition) is 0. The van der Waals surface area contributed by atoms with Gasteiger partial charge in [0, 0.05) is 5.56 Å². The fourth-order valence-electron chi connectivity index (χ4n) is 3.65. The highest BCUT2D eigenvalue weighted by atomic mass is 16.5. The number of benzene rings is 2. The maximum absolute atomic E-state index is 12.8. The highest BCUT2D eigenvalue weighted by Crippen LogP contribution is 2.41. The zero-order valence-electron chi connectivity index (χ0n) is 18.2. The maximum atomic E-state index is 12.8. The van der Waals surface area contributed by atoms with Crippen molar-refractivity contribution >= 4 is 11.5 Å². The van der Waals surface area contributed by atoms with Crippen molar-refractivity contribution in [1.29, 1.82) is 0 Å². The van der Waals surface area contributed by atoms with Gasteiger partial charge in [0.05, 0.1) is 12.0 Å². The van der Waals surface area contributed by atoms with Gasteiger partial charge < -0.3 is 4.74 Å². The van der Waals surface area contributed by atoms with E-state index in [0.29, 0.717) is 35.4 Å². The first-order valence-electron chi connectivity index (χ1n) is 10.4. The lowest BCUT2D eigenvalue weighted by Gasteiger charge is -2.27. The number of fused-ring (bicyclic) bond motifs is 1. The number of nitroso groups, excluding NO2 is 1. The molecule has 0 spiro atoms. The Kier molecular flexibility index (Phi) is 6.99. The molecule has 0 N–H and O–H groups in total. The van der Waals surface area contributed by atoms with Gasteiger partial charge in [0.1, 0.15) is 17.5 Å². The molecule has 2 aromatic rings. The molecular formula is C26H29NO3. The second-order valence-electron chi connectivity index (χ2n) is 8.25. The minimum atomic E-state index is -0.353. The summed E-state index contributed by atoms with van der Waals surface area (Å²) in [4.78, 5) is 24.3. The van der Waals surface area contributed by atoms with Gasteiger partial charge in [-0.2, -0.15) is 0 Å². The predicted octanol–water partition coefficient (Wildman–Crippen LogP) is 7.33. The lowest BCUT2D eigenvalue weighted by Crippen LogP contribution is -2.21. The molecule has 1 heterocycles. The van der Waals surface area contributed by atoms with Gasteiger partial charge in [-0.05, 0) is 69.8 Å². The summed E-state index contributed by atoms with van der Waals surface area (Å²) >= 11 is 0. The van der Waals surface area contributed by atoms with Crippen molar-refractivity contribution in [1.82, 2.24) is 0 Å². The Hall–Kier alpha value is -3.01. The van der Waals surface area contributed by atoms with Gasteiger partial charge in [-0.15, -0.1) is 4.91 Å². The third-order valence-electron chi connectivity index (χ3n) is 5.46. The van der Waals surface area contributed by atoms with Crippen molar-refractivity contribution in [3.63, 3.8) is 0 Å². The van der Waals surface area contributed by atoms with Crippen LogP contribution in [0.2, 0.25) is 0 Å². The molecule has 4 heteroatoms. The number of ketones is 1. The summed E-state index contributed by atoms with van der Waals surface area (Å²) in [6, 6.07) is 11.3. The van der Waals surface area contributed by atoms with E-state index in [-0.39, 0.29) is 11.9 Å². The van der Waals surface area contributed by atoms with Gasteiger partial charge >= 0.3 is 0 Å². The first-order valence-corrected chi connectivity index (χ1v) is 10.4. The van der Waals surface area contributed by atoms with Gasteiger partial charge in [0.2, 0.25) is 0 Å². The van der Waals surface area contributed by atoms with Gasteiger partial charge in [-0.3, -0.25) is 4.79 Å².